The number of aromatic nitrogens is 2. The number of ether oxygens (including phenoxy) is 1. The minimum absolute atomic E-state index is 0.0860. The second kappa shape index (κ2) is 6.88. The van der Waals surface area contributed by atoms with Crippen LogP contribution in [-0.4, -0.2) is 47.5 Å². The number of pyridine rings is 1. The molecule has 150 valence electrons. The number of carbonyl (C=O) groups is 1. The molecule has 6 heteroatoms. The zero-order valence-electron chi connectivity index (χ0n) is 16.9. The molecule has 0 atom stereocenters. The van der Waals surface area contributed by atoms with Crippen molar-refractivity contribution in [3.63, 3.8) is 0 Å². The highest BCUT2D eigenvalue weighted by Crippen LogP contribution is 2.41. The maximum absolute atomic E-state index is 13.0. The van der Waals surface area contributed by atoms with Crippen LogP contribution in [-0.2, 0) is 12.0 Å². The van der Waals surface area contributed by atoms with Gasteiger partial charge in [0.15, 0.2) is 0 Å². The fourth-order valence-electron chi connectivity index (χ4n) is 4.94. The molecule has 4 heterocycles. The summed E-state index contributed by atoms with van der Waals surface area (Å²) in [5.74, 6) is 0.974. The predicted molar refractivity (Wildman–Crippen MR) is 112 cm³/mol. The number of aryl methyl sites for hydroxylation is 1. The molecule has 1 amide bonds. The molecule has 0 unspecified atom stereocenters. The van der Waals surface area contributed by atoms with Gasteiger partial charge in [0.25, 0.3) is 5.91 Å². The Morgan fingerprint density at radius 1 is 1.24 bits per heavy atom. The van der Waals surface area contributed by atoms with Crippen molar-refractivity contribution in [2.45, 2.75) is 31.7 Å². The van der Waals surface area contributed by atoms with Crippen molar-refractivity contribution in [2.75, 3.05) is 26.7 Å². The van der Waals surface area contributed by atoms with Gasteiger partial charge in [0, 0.05) is 48.1 Å². The van der Waals surface area contributed by atoms with Crippen LogP contribution in [0.25, 0.3) is 10.9 Å². The maximum Gasteiger partial charge on any atom is 0.255 e. The minimum Gasteiger partial charge on any atom is -0.497 e. The Bertz CT molecular complexity index is 1080. The van der Waals surface area contributed by atoms with Gasteiger partial charge in [-0.25, -0.2) is 0 Å². The van der Waals surface area contributed by atoms with Crippen molar-refractivity contribution < 1.29 is 9.53 Å². The molecular formula is C23H26N4O2. The van der Waals surface area contributed by atoms with Crippen LogP contribution in [0.5, 0.6) is 5.75 Å². The summed E-state index contributed by atoms with van der Waals surface area (Å²) in [5.41, 5.74) is 5.24. The summed E-state index contributed by atoms with van der Waals surface area (Å²) in [6, 6.07) is 9.94. The zero-order valence-corrected chi connectivity index (χ0v) is 16.9. The highest BCUT2D eigenvalue weighted by molar-refractivity contribution is 5.95. The summed E-state index contributed by atoms with van der Waals surface area (Å²) in [6.45, 7) is 4.32. The first-order chi connectivity index (χ1) is 14.1. The van der Waals surface area contributed by atoms with Crippen molar-refractivity contribution in [2.24, 2.45) is 0 Å². The molecule has 5 rings (SSSR count). The van der Waals surface area contributed by atoms with Gasteiger partial charge in [-0.05, 0) is 62.1 Å². The summed E-state index contributed by atoms with van der Waals surface area (Å²) >= 11 is 0. The number of likely N-dealkylation sites (tertiary alicyclic amines) is 1. The Morgan fingerprint density at radius 2 is 2.07 bits per heavy atom. The van der Waals surface area contributed by atoms with Gasteiger partial charge < -0.3 is 19.9 Å². The van der Waals surface area contributed by atoms with Crippen LogP contribution in [0.1, 0.15) is 40.2 Å². The number of nitrogens with zero attached hydrogens (tertiary/aromatic N) is 2. The molecule has 6 nitrogen and oxygen atoms in total. The van der Waals surface area contributed by atoms with Crippen molar-refractivity contribution in [3.8, 4) is 5.75 Å². The third kappa shape index (κ3) is 2.90. The lowest BCUT2D eigenvalue weighted by Crippen LogP contribution is -2.55. The lowest BCUT2D eigenvalue weighted by Gasteiger charge is -2.44. The van der Waals surface area contributed by atoms with E-state index >= 15 is 0 Å². The lowest BCUT2D eigenvalue weighted by molar-refractivity contribution is 0.0625. The first kappa shape index (κ1) is 18.2. The lowest BCUT2D eigenvalue weighted by atomic mass is 9.79. The first-order valence-electron chi connectivity index (χ1n) is 10.3. The molecule has 1 fully saturated rings. The van der Waals surface area contributed by atoms with Crippen LogP contribution >= 0.6 is 0 Å². The molecular weight excluding hydrogens is 364 g/mol. The van der Waals surface area contributed by atoms with E-state index in [-0.39, 0.29) is 11.4 Å². The van der Waals surface area contributed by atoms with Gasteiger partial charge in [0.05, 0.1) is 18.2 Å². The minimum atomic E-state index is -0.0966. The van der Waals surface area contributed by atoms with Crippen LogP contribution in [0, 0.1) is 6.92 Å². The first-order valence-corrected chi connectivity index (χ1v) is 10.3. The maximum atomic E-state index is 13.0. The Morgan fingerprint density at radius 3 is 2.83 bits per heavy atom. The van der Waals surface area contributed by atoms with E-state index in [0.717, 1.165) is 55.9 Å². The number of methoxy groups -OCH3 is 1. The van der Waals surface area contributed by atoms with Crippen LogP contribution < -0.4 is 10.1 Å². The Kier molecular flexibility index (Phi) is 4.32. The Labute approximate surface area is 170 Å². The molecule has 1 spiro atoms. The SMILES string of the molecule is COc1ccc2[nH]c3c(c2c1)CCNC31CCN(C(=O)c2cccnc2C)CC1. The zero-order chi connectivity index (χ0) is 20.0. The molecule has 0 bridgehead atoms. The van der Waals surface area contributed by atoms with Crippen molar-refractivity contribution >= 4 is 16.8 Å². The molecule has 1 saturated heterocycles. The van der Waals surface area contributed by atoms with Gasteiger partial charge >= 0.3 is 0 Å². The highest BCUT2D eigenvalue weighted by atomic mass is 16.5. The van der Waals surface area contributed by atoms with Gasteiger partial charge in [0.1, 0.15) is 5.75 Å². The third-order valence-corrected chi connectivity index (χ3v) is 6.57. The largest absolute Gasteiger partial charge is 0.497 e. The van der Waals surface area contributed by atoms with Crippen LogP contribution in [0.4, 0.5) is 0 Å². The number of aromatic amines is 1. The van der Waals surface area contributed by atoms with E-state index in [1.165, 1.54) is 16.6 Å². The standard InChI is InChI=1S/C23H26N4O2/c1-15-17(4-3-10-24-15)22(28)27-12-8-23(9-13-27)21-18(7-11-25-23)19-14-16(29-2)5-6-20(19)26-21/h3-6,10,14,25-26H,7-9,11-13H2,1-2H3. The van der Waals surface area contributed by atoms with Gasteiger partial charge in [-0.15, -0.1) is 0 Å². The second-order valence-corrected chi connectivity index (χ2v) is 8.08. The fraction of sp³-hybridized carbons (Fsp3) is 0.391. The average molecular weight is 390 g/mol. The second-order valence-electron chi connectivity index (χ2n) is 8.08. The van der Waals surface area contributed by atoms with E-state index in [4.69, 9.17) is 4.74 Å². The third-order valence-electron chi connectivity index (χ3n) is 6.57. The molecule has 0 radical (unpaired) electrons. The number of hydrogen-bond donors (Lipinski definition) is 2. The number of benzene rings is 1. The molecule has 29 heavy (non-hydrogen) atoms. The summed E-state index contributed by atoms with van der Waals surface area (Å²) in [7, 11) is 1.71. The molecule has 0 aliphatic carbocycles. The van der Waals surface area contributed by atoms with E-state index in [9.17, 15) is 4.79 Å². The van der Waals surface area contributed by atoms with E-state index in [0.29, 0.717) is 5.56 Å². The molecule has 2 aromatic heterocycles. The molecule has 1 aromatic carbocycles. The van der Waals surface area contributed by atoms with Crippen molar-refractivity contribution in [1.29, 1.82) is 0 Å². The number of H-pyrrole nitrogens is 1. The molecule has 3 aromatic rings. The topological polar surface area (TPSA) is 70.2 Å². The summed E-state index contributed by atoms with van der Waals surface area (Å²) in [4.78, 5) is 22.9. The van der Waals surface area contributed by atoms with E-state index in [2.05, 4.69) is 27.4 Å². The fourth-order valence-corrected chi connectivity index (χ4v) is 4.94. The van der Waals surface area contributed by atoms with E-state index in [1.54, 1.807) is 13.3 Å². The van der Waals surface area contributed by atoms with Crippen molar-refractivity contribution in [3.05, 3.63) is 59.0 Å². The summed E-state index contributed by atoms with van der Waals surface area (Å²) in [5, 5.41) is 5.03. The highest BCUT2D eigenvalue weighted by Gasteiger charge is 2.42. The van der Waals surface area contributed by atoms with Gasteiger partial charge in [-0.1, -0.05) is 0 Å². The Balaban J connectivity index is 1.43. The van der Waals surface area contributed by atoms with Crippen LogP contribution in [0.15, 0.2) is 36.5 Å². The van der Waals surface area contributed by atoms with Gasteiger partial charge in [-0.3, -0.25) is 9.78 Å². The Hall–Kier alpha value is -2.86. The van der Waals surface area contributed by atoms with Crippen LogP contribution in [0.2, 0.25) is 0 Å². The monoisotopic (exact) mass is 390 g/mol. The smallest absolute Gasteiger partial charge is 0.255 e. The number of nitrogens with one attached hydrogen (secondary N) is 2. The number of amides is 1. The van der Waals surface area contributed by atoms with E-state index in [1.807, 2.05) is 30.0 Å². The number of rotatable bonds is 2. The quantitative estimate of drug-likeness (QED) is 0.705. The molecule has 2 N–H and O–H groups in total. The number of piperidine rings is 1. The molecule has 2 aliphatic rings. The van der Waals surface area contributed by atoms with Crippen LogP contribution in [0.3, 0.4) is 0 Å². The normalized spacial score (nSPS) is 18.1. The average Bonchev–Trinajstić information content (AvgIpc) is 3.14. The summed E-state index contributed by atoms with van der Waals surface area (Å²) < 4.78 is 5.43. The number of carbonyl (C=O) groups excluding carboxylic acids is 1. The number of fused-ring (bicyclic) bond motifs is 4. The van der Waals surface area contributed by atoms with E-state index < -0.39 is 0 Å². The molecule has 2 aliphatic heterocycles. The number of hydrogen-bond acceptors (Lipinski definition) is 4. The van der Waals surface area contributed by atoms with Crippen molar-refractivity contribution in [1.82, 2.24) is 20.2 Å². The van der Waals surface area contributed by atoms with Gasteiger partial charge in [0.2, 0.25) is 0 Å². The summed E-state index contributed by atoms with van der Waals surface area (Å²) in [6.07, 6.45) is 4.53. The van der Waals surface area contributed by atoms with Gasteiger partial charge in [-0.2, -0.15) is 0 Å². The molecule has 0 saturated carbocycles. The predicted octanol–water partition coefficient (Wildman–Crippen LogP) is 3.16.